The van der Waals surface area contributed by atoms with Crippen LogP contribution in [0.15, 0.2) is 91.4 Å². The molecule has 196 valence electrons. The van der Waals surface area contributed by atoms with E-state index in [2.05, 4.69) is 28.2 Å². The van der Waals surface area contributed by atoms with E-state index in [0.717, 1.165) is 33.7 Å². The van der Waals surface area contributed by atoms with Gasteiger partial charge in [-0.1, -0.05) is 54.1 Å². The zero-order valence-electron chi connectivity index (χ0n) is 21.0. The van der Waals surface area contributed by atoms with Gasteiger partial charge < -0.3 is 14.5 Å². The standard InChI is InChI=1S/C30H25ClFN5O2/c31-25-8-4-5-9-26(25)37-18-24(21-6-2-1-3-7-21)28-29(33-20-34-30(28)37)36-16-14-35(15-17-36)27(38)19-39-23-12-10-22(32)11-13-23/h1-13,18,20H,14-17,19H2. The Morgan fingerprint density at radius 3 is 2.36 bits per heavy atom. The minimum Gasteiger partial charge on any atom is -0.484 e. The summed E-state index contributed by atoms with van der Waals surface area (Å²) >= 11 is 6.58. The van der Waals surface area contributed by atoms with Crippen LogP contribution in [0.5, 0.6) is 5.75 Å². The first-order valence-corrected chi connectivity index (χ1v) is 13.0. The molecule has 5 aromatic rings. The topological polar surface area (TPSA) is 63.5 Å². The summed E-state index contributed by atoms with van der Waals surface area (Å²) in [6.45, 7) is 2.19. The zero-order valence-corrected chi connectivity index (χ0v) is 21.8. The predicted octanol–water partition coefficient (Wildman–Crippen LogP) is 5.61. The lowest BCUT2D eigenvalue weighted by Crippen LogP contribution is -2.50. The van der Waals surface area contributed by atoms with Gasteiger partial charge in [0.15, 0.2) is 12.3 Å². The van der Waals surface area contributed by atoms with Gasteiger partial charge in [-0.15, -0.1) is 0 Å². The SMILES string of the molecule is O=C(COc1ccc(F)cc1)N1CCN(c2ncnc3c2c(-c2ccccc2)cn3-c2ccccc2Cl)CC1. The van der Waals surface area contributed by atoms with Crippen LogP contribution in [-0.4, -0.2) is 58.1 Å². The number of fused-ring (bicyclic) bond motifs is 1. The van der Waals surface area contributed by atoms with Crippen molar-refractivity contribution < 1.29 is 13.9 Å². The zero-order chi connectivity index (χ0) is 26.8. The van der Waals surface area contributed by atoms with Gasteiger partial charge in [-0.05, 0) is 42.0 Å². The number of rotatable bonds is 6. The highest BCUT2D eigenvalue weighted by Crippen LogP contribution is 2.38. The maximum absolute atomic E-state index is 13.1. The third-order valence-electron chi connectivity index (χ3n) is 6.87. The minimum absolute atomic E-state index is 0.0950. The number of para-hydroxylation sites is 1. The van der Waals surface area contributed by atoms with Crippen LogP contribution in [0.2, 0.25) is 5.02 Å². The molecule has 7 nitrogen and oxygen atoms in total. The number of aromatic nitrogens is 3. The largest absolute Gasteiger partial charge is 0.484 e. The van der Waals surface area contributed by atoms with E-state index in [1.165, 1.54) is 24.3 Å². The molecule has 1 amide bonds. The summed E-state index contributed by atoms with van der Waals surface area (Å²) in [7, 11) is 0. The summed E-state index contributed by atoms with van der Waals surface area (Å²) in [5.74, 6) is 0.825. The highest BCUT2D eigenvalue weighted by atomic mass is 35.5. The van der Waals surface area contributed by atoms with E-state index < -0.39 is 0 Å². The van der Waals surface area contributed by atoms with E-state index in [-0.39, 0.29) is 18.3 Å². The molecular formula is C30H25ClFN5O2. The molecule has 1 fully saturated rings. The van der Waals surface area contributed by atoms with E-state index in [9.17, 15) is 9.18 Å². The molecule has 1 saturated heterocycles. The quantitative estimate of drug-likeness (QED) is 0.280. The van der Waals surface area contributed by atoms with Gasteiger partial charge in [0.1, 0.15) is 23.7 Å². The molecule has 0 atom stereocenters. The number of carbonyl (C=O) groups excluding carboxylic acids is 1. The molecular weight excluding hydrogens is 517 g/mol. The van der Waals surface area contributed by atoms with Crippen molar-refractivity contribution in [2.45, 2.75) is 0 Å². The molecule has 39 heavy (non-hydrogen) atoms. The molecule has 1 aliphatic heterocycles. The first kappa shape index (κ1) is 24.9. The van der Waals surface area contributed by atoms with Crippen LogP contribution in [0.3, 0.4) is 0 Å². The molecule has 2 aromatic heterocycles. The van der Waals surface area contributed by atoms with Gasteiger partial charge in [0.2, 0.25) is 0 Å². The van der Waals surface area contributed by atoms with Crippen LogP contribution in [0.1, 0.15) is 0 Å². The minimum atomic E-state index is -0.346. The van der Waals surface area contributed by atoms with E-state index in [4.69, 9.17) is 21.3 Å². The third kappa shape index (κ3) is 5.03. The van der Waals surface area contributed by atoms with Crippen LogP contribution in [0.25, 0.3) is 27.8 Å². The number of amides is 1. The van der Waals surface area contributed by atoms with Crippen LogP contribution in [0, 0.1) is 5.82 Å². The van der Waals surface area contributed by atoms with Crippen molar-refractivity contribution in [3.8, 4) is 22.6 Å². The summed E-state index contributed by atoms with van der Waals surface area (Å²) in [6, 6.07) is 23.5. The van der Waals surface area contributed by atoms with E-state index >= 15 is 0 Å². The Morgan fingerprint density at radius 2 is 1.62 bits per heavy atom. The molecule has 0 bridgehead atoms. The summed E-state index contributed by atoms with van der Waals surface area (Å²) in [5, 5.41) is 1.56. The van der Waals surface area contributed by atoms with Gasteiger partial charge >= 0.3 is 0 Å². The first-order chi connectivity index (χ1) is 19.1. The third-order valence-corrected chi connectivity index (χ3v) is 7.19. The van der Waals surface area contributed by atoms with Crippen molar-refractivity contribution in [3.05, 3.63) is 102 Å². The molecule has 0 radical (unpaired) electrons. The average molecular weight is 542 g/mol. The van der Waals surface area contributed by atoms with Crippen molar-refractivity contribution in [3.63, 3.8) is 0 Å². The Balaban J connectivity index is 1.27. The molecule has 9 heteroatoms. The fourth-order valence-corrected chi connectivity index (χ4v) is 5.11. The fraction of sp³-hybridized carbons (Fsp3) is 0.167. The van der Waals surface area contributed by atoms with Crippen LogP contribution in [0.4, 0.5) is 10.2 Å². The highest BCUT2D eigenvalue weighted by Gasteiger charge is 2.26. The molecule has 6 rings (SSSR count). The number of piperazine rings is 1. The second-order valence-electron chi connectivity index (χ2n) is 9.24. The lowest BCUT2D eigenvalue weighted by atomic mass is 10.1. The predicted molar refractivity (Wildman–Crippen MR) is 150 cm³/mol. The van der Waals surface area contributed by atoms with Crippen molar-refractivity contribution in [2.75, 3.05) is 37.7 Å². The van der Waals surface area contributed by atoms with E-state index in [1.54, 1.807) is 11.2 Å². The Morgan fingerprint density at radius 1 is 0.897 bits per heavy atom. The molecule has 0 N–H and O–H groups in total. The number of halogens is 2. The van der Waals surface area contributed by atoms with Crippen molar-refractivity contribution in [1.82, 2.24) is 19.4 Å². The Hall–Kier alpha value is -4.43. The van der Waals surface area contributed by atoms with Crippen LogP contribution >= 0.6 is 11.6 Å². The Bertz CT molecular complexity index is 1620. The number of hydrogen-bond donors (Lipinski definition) is 0. The van der Waals surface area contributed by atoms with Gasteiger partial charge in [0.05, 0.1) is 16.1 Å². The molecule has 3 aromatic carbocycles. The second-order valence-corrected chi connectivity index (χ2v) is 9.64. The monoisotopic (exact) mass is 541 g/mol. The summed E-state index contributed by atoms with van der Waals surface area (Å²) in [5.41, 5.74) is 3.66. The van der Waals surface area contributed by atoms with Gasteiger partial charge in [-0.25, -0.2) is 14.4 Å². The van der Waals surface area contributed by atoms with Gasteiger partial charge in [-0.2, -0.15) is 0 Å². The maximum Gasteiger partial charge on any atom is 0.260 e. The Labute approximate surface area is 230 Å². The van der Waals surface area contributed by atoms with Crippen molar-refractivity contribution >= 4 is 34.4 Å². The smallest absolute Gasteiger partial charge is 0.260 e. The summed E-state index contributed by atoms with van der Waals surface area (Å²) in [6.07, 6.45) is 3.64. The second kappa shape index (κ2) is 10.7. The molecule has 0 saturated carbocycles. The summed E-state index contributed by atoms with van der Waals surface area (Å²) in [4.78, 5) is 26.1. The molecule has 0 aliphatic carbocycles. The van der Waals surface area contributed by atoms with Gasteiger partial charge in [0, 0.05) is 37.9 Å². The maximum atomic E-state index is 13.1. The lowest BCUT2D eigenvalue weighted by Gasteiger charge is -2.35. The van der Waals surface area contributed by atoms with E-state index in [0.29, 0.717) is 37.0 Å². The number of ether oxygens (including phenoxy) is 1. The Kier molecular flexibility index (Phi) is 6.85. The number of benzene rings is 3. The number of anilines is 1. The number of carbonyl (C=O) groups is 1. The first-order valence-electron chi connectivity index (χ1n) is 12.7. The van der Waals surface area contributed by atoms with Gasteiger partial charge in [-0.3, -0.25) is 9.36 Å². The lowest BCUT2D eigenvalue weighted by molar-refractivity contribution is -0.133. The van der Waals surface area contributed by atoms with Gasteiger partial charge in [0.25, 0.3) is 5.91 Å². The van der Waals surface area contributed by atoms with Crippen molar-refractivity contribution in [2.24, 2.45) is 0 Å². The fourth-order valence-electron chi connectivity index (χ4n) is 4.89. The summed E-state index contributed by atoms with van der Waals surface area (Å²) < 4.78 is 20.7. The normalized spacial score (nSPS) is 13.6. The molecule has 0 spiro atoms. The number of nitrogens with zero attached hydrogens (tertiary/aromatic N) is 5. The molecule has 1 aliphatic rings. The van der Waals surface area contributed by atoms with Crippen molar-refractivity contribution in [1.29, 1.82) is 0 Å². The number of hydrogen-bond acceptors (Lipinski definition) is 5. The van der Waals surface area contributed by atoms with Crippen LogP contribution < -0.4 is 9.64 Å². The average Bonchev–Trinajstić information content (AvgIpc) is 3.37. The van der Waals surface area contributed by atoms with E-state index in [1.807, 2.05) is 47.0 Å². The highest BCUT2D eigenvalue weighted by molar-refractivity contribution is 6.32. The molecule has 3 heterocycles. The molecule has 0 unspecified atom stereocenters. The van der Waals surface area contributed by atoms with Crippen LogP contribution in [-0.2, 0) is 4.79 Å².